The Morgan fingerprint density at radius 3 is 3.13 bits per heavy atom. The van der Waals surface area contributed by atoms with Gasteiger partial charge in [-0.15, -0.1) is 0 Å². The molecule has 1 atom stereocenters. The summed E-state index contributed by atoms with van der Waals surface area (Å²) in [5.74, 6) is -0.287. The fraction of sp³-hybridized carbons (Fsp3) is 0.417. The molecule has 0 radical (unpaired) electrons. The topological polar surface area (TPSA) is 35.5 Å². The summed E-state index contributed by atoms with van der Waals surface area (Å²) in [5.41, 5.74) is 2.13. The summed E-state index contributed by atoms with van der Waals surface area (Å²) in [6, 6.07) is 7.85. The lowest BCUT2D eigenvalue weighted by molar-refractivity contribution is -0.158. The van der Waals surface area contributed by atoms with E-state index in [0.717, 1.165) is 12.0 Å². The van der Waals surface area contributed by atoms with Crippen LogP contribution >= 0.6 is 0 Å². The Morgan fingerprint density at radius 1 is 1.53 bits per heavy atom. The number of benzene rings is 1. The molecule has 0 spiro atoms. The van der Waals surface area contributed by atoms with Gasteiger partial charge in [0.1, 0.15) is 0 Å². The Morgan fingerprint density at radius 2 is 2.33 bits per heavy atom. The Hall–Kier alpha value is -1.35. The van der Waals surface area contributed by atoms with E-state index < -0.39 is 6.10 Å². The van der Waals surface area contributed by atoms with Crippen molar-refractivity contribution in [2.45, 2.75) is 19.4 Å². The molecular weight excluding hydrogens is 192 g/mol. The molecule has 80 valence electrons. The first-order valence-corrected chi connectivity index (χ1v) is 5.19. The van der Waals surface area contributed by atoms with Gasteiger partial charge >= 0.3 is 5.97 Å². The molecule has 1 aliphatic rings. The molecule has 3 heteroatoms. The average Bonchev–Trinajstić information content (AvgIpc) is 2.28. The number of carbonyl (C=O) groups excluding carboxylic acids is 1. The molecule has 0 N–H and O–H groups in total. The van der Waals surface area contributed by atoms with E-state index in [9.17, 15) is 4.79 Å². The molecule has 0 fully saturated rings. The summed E-state index contributed by atoms with van der Waals surface area (Å²) in [5, 5.41) is 0. The summed E-state index contributed by atoms with van der Waals surface area (Å²) >= 11 is 0. The highest BCUT2D eigenvalue weighted by molar-refractivity contribution is 5.77. The maximum atomic E-state index is 11.6. The Balaban J connectivity index is 2.25. The molecule has 0 saturated carbocycles. The van der Waals surface area contributed by atoms with Gasteiger partial charge in [-0.2, -0.15) is 0 Å². The van der Waals surface area contributed by atoms with Crippen molar-refractivity contribution in [3.05, 3.63) is 35.4 Å². The second kappa shape index (κ2) is 4.45. The van der Waals surface area contributed by atoms with Gasteiger partial charge in [-0.25, -0.2) is 4.79 Å². The Labute approximate surface area is 89.0 Å². The highest BCUT2D eigenvalue weighted by atomic mass is 16.6. The third-order valence-electron chi connectivity index (χ3n) is 2.49. The van der Waals surface area contributed by atoms with Crippen molar-refractivity contribution in [1.82, 2.24) is 0 Å². The van der Waals surface area contributed by atoms with Crippen LogP contribution in [0, 0.1) is 0 Å². The molecule has 0 bridgehead atoms. The first-order valence-electron chi connectivity index (χ1n) is 5.19. The lowest BCUT2D eigenvalue weighted by atomic mass is 9.98. The fourth-order valence-electron chi connectivity index (χ4n) is 1.81. The molecule has 0 aliphatic carbocycles. The SMILES string of the molecule is CCOC(=O)[C@@H]1OCCc2ccccc21. The summed E-state index contributed by atoms with van der Waals surface area (Å²) < 4.78 is 10.4. The van der Waals surface area contributed by atoms with Crippen LogP contribution in [-0.4, -0.2) is 19.2 Å². The van der Waals surface area contributed by atoms with Gasteiger partial charge in [0.25, 0.3) is 0 Å². The monoisotopic (exact) mass is 206 g/mol. The van der Waals surface area contributed by atoms with Crippen LogP contribution in [0.5, 0.6) is 0 Å². The zero-order valence-corrected chi connectivity index (χ0v) is 8.73. The van der Waals surface area contributed by atoms with Crippen molar-refractivity contribution >= 4 is 5.97 Å². The quantitative estimate of drug-likeness (QED) is 0.693. The first-order chi connectivity index (χ1) is 7.33. The first kappa shape index (κ1) is 10.2. The van der Waals surface area contributed by atoms with Crippen LogP contribution in [0.3, 0.4) is 0 Å². The van der Waals surface area contributed by atoms with E-state index in [4.69, 9.17) is 9.47 Å². The van der Waals surface area contributed by atoms with Crippen LogP contribution in [0.1, 0.15) is 24.2 Å². The lowest BCUT2D eigenvalue weighted by Gasteiger charge is -2.24. The molecule has 1 heterocycles. The zero-order valence-electron chi connectivity index (χ0n) is 8.73. The average molecular weight is 206 g/mol. The van der Waals surface area contributed by atoms with Crippen LogP contribution in [-0.2, 0) is 20.7 Å². The second-order valence-corrected chi connectivity index (χ2v) is 3.45. The summed E-state index contributed by atoms with van der Waals surface area (Å²) in [4.78, 5) is 11.6. The number of rotatable bonds is 2. The summed E-state index contributed by atoms with van der Waals surface area (Å²) in [6.07, 6.45) is 0.335. The molecule has 3 nitrogen and oxygen atoms in total. The van der Waals surface area contributed by atoms with E-state index in [-0.39, 0.29) is 5.97 Å². The maximum absolute atomic E-state index is 11.6. The van der Waals surface area contributed by atoms with Crippen LogP contribution in [0.15, 0.2) is 24.3 Å². The number of esters is 1. The Bertz CT molecular complexity index is 360. The third kappa shape index (κ3) is 2.02. The van der Waals surface area contributed by atoms with Crippen LogP contribution in [0.25, 0.3) is 0 Å². The van der Waals surface area contributed by atoms with Crippen molar-refractivity contribution in [3.8, 4) is 0 Å². The van der Waals surface area contributed by atoms with Gasteiger partial charge in [0.15, 0.2) is 6.10 Å². The third-order valence-corrected chi connectivity index (χ3v) is 2.49. The van der Waals surface area contributed by atoms with Gasteiger partial charge in [0, 0.05) is 0 Å². The van der Waals surface area contributed by atoms with Crippen molar-refractivity contribution in [3.63, 3.8) is 0 Å². The van der Waals surface area contributed by atoms with Gasteiger partial charge in [-0.1, -0.05) is 24.3 Å². The summed E-state index contributed by atoms with van der Waals surface area (Å²) in [6.45, 7) is 2.77. The molecule has 1 aromatic carbocycles. The Kier molecular flexibility index (Phi) is 3.02. The standard InChI is InChI=1S/C12H14O3/c1-2-14-12(13)11-10-6-4-3-5-9(10)7-8-15-11/h3-6,11H,2,7-8H2,1H3/t11-/m1/s1. The van der Waals surface area contributed by atoms with Gasteiger partial charge in [-0.3, -0.25) is 0 Å². The van der Waals surface area contributed by atoms with E-state index in [0.29, 0.717) is 13.2 Å². The maximum Gasteiger partial charge on any atom is 0.339 e. The smallest absolute Gasteiger partial charge is 0.339 e. The van der Waals surface area contributed by atoms with Crippen LogP contribution in [0.4, 0.5) is 0 Å². The van der Waals surface area contributed by atoms with Crippen molar-refractivity contribution in [2.75, 3.05) is 13.2 Å². The number of hydrogen-bond acceptors (Lipinski definition) is 3. The molecule has 0 aromatic heterocycles. The summed E-state index contributed by atoms with van der Waals surface area (Å²) in [7, 11) is 0. The van der Waals surface area contributed by atoms with Crippen LogP contribution in [0.2, 0.25) is 0 Å². The number of hydrogen-bond donors (Lipinski definition) is 0. The van der Waals surface area contributed by atoms with E-state index in [1.54, 1.807) is 6.92 Å². The predicted octanol–water partition coefficient (Wildman–Crippen LogP) is 1.86. The highest BCUT2D eigenvalue weighted by Gasteiger charge is 2.27. The highest BCUT2D eigenvalue weighted by Crippen LogP contribution is 2.27. The van der Waals surface area contributed by atoms with Crippen LogP contribution < -0.4 is 0 Å². The molecule has 1 aromatic rings. The molecular formula is C12H14O3. The predicted molar refractivity (Wildman–Crippen MR) is 55.5 cm³/mol. The lowest BCUT2D eigenvalue weighted by Crippen LogP contribution is -2.25. The number of ether oxygens (including phenoxy) is 2. The molecule has 15 heavy (non-hydrogen) atoms. The molecule has 1 aliphatic heterocycles. The van der Waals surface area contributed by atoms with E-state index in [1.165, 1.54) is 5.56 Å². The minimum Gasteiger partial charge on any atom is -0.464 e. The van der Waals surface area contributed by atoms with E-state index >= 15 is 0 Å². The van der Waals surface area contributed by atoms with Crippen molar-refractivity contribution in [2.24, 2.45) is 0 Å². The van der Waals surface area contributed by atoms with Crippen molar-refractivity contribution in [1.29, 1.82) is 0 Å². The molecule has 0 amide bonds. The zero-order chi connectivity index (χ0) is 10.7. The second-order valence-electron chi connectivity index (χ2n) is 3.45. The number of fused-ring (bicyclic) bond motifs is 1. The van der Waals surface area contributed by atoms with Crippen molar-refractivity contribution < 1.29 is 14.3 Å². The minimum absolute atomic E-state index is 0.287. The minimum atomic E-state index is -0.533. The number of carbonyl (C=O) groups is 1. The molecule has 2 rings (SSSR count). The van der Waals surface area contributed by atoms with E-state index in [1.807, 2.05) is 24.3 Å². The van der Waals surface area contributed by atoms with Gasteiger partial charge in [-0.05, 0) is 24.5 Å². The fourth-order valence-corrected chi connectivity index (χ4v) is 1.81. The van der Waals surface area contributed by atoms with Gasteiger partial charge < -0.3 is 9.47 Å². The normalized spacial score (nSPS) is 19.4. The molecule has 0 saturated heterocycles. The molecule has 0 unspecified atom stereocenters. The largest absolute Gasteiger partial charge is 0.464 e. The van der Waals surface area contributed by atoms with Gasteiger partial charge in [0.2, 0.25) is 0 Å². The van der Waals surface area contributed by atoms with Gasteiger partial charge in [0.05, 0.1) is 13.2 Å². The van der Waals surface area contributed by atoms with E-state index in [2.05, 4.69) is 0 Å².